The molecule has 6 nitrogen and oxygen atoms in total. The van der Waals surface area contributed by atoms with E-state index >= 15 is 0 Å². The van der Waals surface area contributed by atoms with Crippen LogP contribution < -0.4 is 5.32 Å². The highest BCUT2D eigenvalue weighted by Crippen LogP contribution is 2.34. The summed E-state index contributed by atoms with van der Waals surface area (Å²) in [6.07, 6.45) is 1.49. The summed E-state index contributed by atoms with van der Waals surface area (Å²) in [7, 11) is 0. The van der Waals surface area contributed by atoms with Crippen LogP contribution in [0.4, 0.5) is 10.1 Å². The van der Waals surface area contributed by atoms with Gasteiger partial charge in [-0.25, -0.2) is 4.39 Å². The third-order valence-corrected chi connectivity index (χ3v) is 4.16. The topological polar surface area (TPSA) is 81.2 Å². The van der Waals surface area contributed by atoms with Crippen LogP contribution in [0.1, 0.15) is 10.4 Å². The normalized spacial score (nSPS) is 10.7. The molecule has 134 valence electrons. The zero-order valence-corrected chi connectivity index (χ0v) is 14.4. The molecule has 27 heavy (non-hydrogen) atoms. The van der Waals surface area contributed by atoms with Gasteiger partial charge in [-0.2, -0.15) is 0 Å². The molecule has 4 rings (SSSR count). The van der Waals surface area contributed by atoms with Crippen LogP contribution in [0.2, 0.25) is 5.02 Å². The molecule has 0 bridgehead atoms. The fourth-order valence-corrected chi connectivity index (χ4v) is 2.71. The summed E-state index contributed by atoms with van der Waals surface area (Å²) >= 11 is 6.39. The number of carbonyl (C=O) groups excluding carboxylic acids is 1. The van der Waals surface area contributed by atoms with Gasteiger partial charge in [0.1, 0.15) is 5.82 Å². The molecule has 0 saturated carbocycles. The Morgan fingerprint density at radius 3 is 2.59 bits per heavy atom. The standard InChI is InChI=1S/C19H11ClFN3O3/c20-16-12(18-23-24-19(27-18)15-9-4-10-26-15)6-3-8-14(16)22-17(25)11-5-1-2-7-13(11)21/h1-10H,(H,22,25). The van der Waals surface area contributed by atoms with Crippen molar-refractivity contribution in [2.75, 3.05) is 5.32 Å². The SMILES string of the molecule is O=C(Nc1cccc(-c2nnc(-c3ccco3)o2)c1Cl)c1ccccc1F. The number of rotatable bonds is 4. The number of halogens is 2. The highest BCUT2D eigenvalue weighted by molar-refractivity contribution is 6.36. The summed E-state index contributed by atoms with van der Waals surface area (Å²) in [5.41, 5.74) is 0.630. The van der Waals surface area contributed by atoms with E-state index in [1.165, 1.54) is 24.5 Å². The number of hydrogen-bond donors (Lipinski definition) is 1. The first-order chi connectivity index (χ1) is 13.1. The Morgan fingerprint density at radius 1 is 1.00 bits per heavy atom. The molecule has 2 heterocycles. The lowest BCUT2D eigenvalue weighted by atomic mass is 10.1. The van der Waals surface area contributed by atoms with Crippen LogP contribution in [0.25, 0.3) is 23.1 Å². The molecule has 0 aliphatic rings. The number of anilines is 1. The minimum atomic E-state index is -0.623. The van der Waals surface area contributed by atoms with Crippen LogP contribution in [-0.2, 0) is 0 Å². The molecule has 0 aliphatic heterocycles. The summed E-state index contributed by atoms with van der Waals surface area (Å²) in [5, 5.41) is 10.7. The number of carbonyl (C=O) groups is 1. The van der Waals surface area contributed by atoms with E-state index in [-0.39, 0.29) is 22.4 Å². The lowest BCUT2D eigenvalue weighted by molar-refractivity contribution is 0.102. The number of nitrogens with zero attached hydrogens (tertiary/aromatic N) is 2. The number of amides is 1. The number of aromatic nitrogens is 2. The Balaban J connectivity index is 1.64. The second-order valence-corrected chi connectivity index (χ2v) is 5.87. The molecule has 1 amide bonds. The number of nitrogens with one attached hydrogen (secondary N) is 1. The van der Waals surface area contributed by atoms with Gasteiger partial charge < -0.3 is 14.2 Å². The van der Waals surface area contributed by atoms with Gasteiger partial charge in [-0.3, -0.25) is 4.79 Å². The molecule has 0 fully saturated rings. The molecule has 0 radical (unpaired) electrons. The lowest BCUT2D eigenvalue weighted by Gasteiger charge is -2.09. The molecule has 4 aromatic rings. The van der Waals surface area contributed by atoms with Crippen LogP contribution in [0.3, 0.4) is 0 Å². The van der Waals surface area contributed by atoms with E-state index in [2.05, 4.69) is 15.5 Å². The summed E-state index contributed by atoms with van der Waals surface area (Å²) in [4.78, 5) is 12.3. The molecule has 0 spiro atoms. The van der Waals surface area contributed by atoms with Gasteiger partial charge in [0.25, 0.3) is 11.8 Å². The minimum Gasteiger partial charge on any atom is -0.459 e. The Kier molecular flexibility index (Phi) is 4.43. The van der Waals surface area contributed by atoms with Crippen molar-refractivity contribution in [3.8, 4) is 23.1 Å². The molecule has 2 aromatic heterocycles. The van der Waals surface area contributed by atoms with Crippen molar-refractivity contribution in [1.29, 1.82) is 0 Å². The first kappa shape index (κ1) is 17.0. The molecular formula is C19H11ClFN3O3. The Hall–Kier alpha value is -3.45. The molecular weight excluding hydrogens is 373 g/mol. The minimum absolute atomic E-state index is 0.0862. The highest BCUT2D eigenvalue weighted by atomic mass is 35.5. The molecule has 0 aliphatic carbocycles. The number of hydrogen-bond acceptors (Lipinski definition) is 5. The first-order valence-electron chi connectivity index (χ1n) is 7.85. The van der Waals surface area contributed by atoms with Gasteiger partial charge in [0.2, 0.25) is 5.89 Å². The first-order valence-corrected chi connectivity index (χ1v) is 8.23. The number of furan rings is 1. The predicted octanol–water partition coefficient (Wildman–Crippen LogP) is 5.04. The quantitative estimate of drug-likeness (QED) is 0.533. The van der Waals surface area contributed by atoms with E-state index in [1.54, 1.807) is 36.4 Å². The molecule has 0 unspecified atom stereocenters. The van der Waals surface area contributed by atoms with Crippen molar-refractivity contribution in [1.82, 2.24) is 10.2 Å². The van der Waals surface area contributed by atoms with Crippen LogP contribution in [0.5, 0.6) is 0 Å². The summed E-state index contributed by atoms with van der Waals surface area (Å²) in [6, 6.07) is 14.0. The average Bonchev–Trinajstić information content (AvgIpc) is 3.35. The molecule has 2 aromatic carbocycles. The van der Waals surface area contributed by atoms with E-state index in [4.69, 9.17) is 20.4 Å². The predicted molar refractivity (Wildman–Crippen MR) is 96.8 cm³/mol. The van der Waals surface area contributed by atoms with Gasteiger partial charge >= 0.3 is 0 Å². The van der Waals surface area contributed by atoms with Crippen molar-refractivity contribution in [3.63, 3.8) is 0 Å². The van der Waals surface area contributed by atoms with E-state index < -0.39 is 11.7 Å². The second kappa shape index (κ2) is 7.05. The number of benzene rings is 2. The smallest absolute Gasteiger partial charge is 0.283 e. The Labute approximate surface area is 157 Å². The van der Waals surface area contributed by atoms with Gasteiger partial charge in [0, 0.05) is 0 Å². The third-order valence-electron chi connectivity index (χ3n) is 3.75. The monoisotopic (exact) mass is 383 g/mol. The van der Waals surface area contributed by atoms with Crippen LogP contribution in [-0.4, -0.2) is 16.1 Å². The highest BCUT2D eigenvalue weighted by Gasteiger charge is 2.18. The second-order valence-electron chi connectivity index (χ2n) is 5.49. The van der Waals surface area contributed by atoms with Crippen molar-refractivity contribution in [3.05, 3.63) is 77.3 Å². The average molecular weight is 384 g/mol. The lowest BCUT2D eigenvalue weighted by Crippen LogP contribution is -2.14. The van der Waals surface area contributed by atoms with Gasteiger partial charge in [-0.15, -0.1) is 10.2 Å². The van der Waals surface area contributed by atoms with Crippen LogP contribution in [0.15, 0.2) is 69.7 Å². The maximum atomic E-state index is 13.8. The van der Waals surface area contributed by atoms with E-state index in [1.807, 2.05) is 0 Å². The van der Waals surface area contributed by atoms with Gasteiger partial charge in [0.15, 0.2) is 5.76 Å². The fourth-order valence-electron chi connectivity index (χ4n) is 2.46. The Bertz CT molecular complexity index is 1110. The van der Waals surface area contributed by atoms with E-state index in [9.17, 15) is 9.18 Å². The maximum Gasteiger partial charge on any atom is 0.283 e. The van der Waals surface area contributed by atoms with Crippen molar-refractivity contribution in [2.24, 2.45) is 0 Å². The zero-order chi connectivity index (χ0) is 18.8. The fraction of sp³-hybridized carbons (Fsp3) is 0. The largest absolute Gasteiger partial charge is 0.459 e. The van der Waals surface area contributed by atoms with Gasteiger partial charge in [-0.1, -0.05) is 29.8 Å². The van der Waals surface area contributed by atoms with Crippen LogP contribution in [0, 0.1) is 5.82 Å². The van der Waals surface area contributed by atoms with Gasteiger partial charge in [0.05, 0.1) is 28.1 Å². The summed E-state index contributed by atoms with van der Waals surface area (Å²) in [6.45, 7) is 0. The maximum absolute atomic E-state index is 13.8. The van der Waals surface area contributed by atoms with E-state index in [0.717, 1.165) is 0 Å². The van der Waals surface area contributed by atoms with Crippen molar-refractivity contribution in [2.45, 2.75) is 0 Å². The third kappa shape index (κ3) is 3.32. The molecule has 8 heteroatoms. The molecule has 0 saturated heterocycles. The summed E-state index contributed by atoms with van der Waals surface area (Å²) in [5.74, 6) is -0.453. The molecule has 0 atom stereocenters. The van der Waals surface area contributed by atoms with E-state index in [0.29, 0.717) is 17.0 Å². The van der Waals surface area contributed by atoms with Crippen LogP contribution >= 0.6 is 11.6 Å². The Morgan fingerprint density at radius 2 is 1.81 bits per heavy atom. The van der Waals surface area contributed by atoms with Crippen molar-refractivity contribution < 1.29 is 18.0 Å². The van der Waals surface area contributed by atoms with Crippen molar-refractivity contribution >= 4 is 23.2 Å². The van der Waals surface area contributed by atoms with Gasteiger partial charge in [-0.05, 0) is 36.4 Å². The zero-order valence-electron chi connectivity index (χ0n) is 13.6. The molecule has 1 N–H and O–H groups in total. The summed E-state index contributed by atoms with van der Waals surface area (Å²) < 4.78 is 24.6.